The van der Waals surface area contributed by atoms with Crippen LogP contribution in [0, 0.1) is 0 Å². The molecule has 0 bridgehead atoms. The molecule has 0 aromatic heterocycles. The Labute approximate surface area is 186 Å². The van der Waals surface area contributed by atoms with E-state index in [1.807, 2.05) is 78.9 Å². The van der Waals surface area contributed by atoms with Crippen molar-refractivity contribution in [1.82, 2.24) is 0 Å². The molecular formula is C26H23ClN4. The Kier molecular flexibility index (Phi) is 5.83. The summed E-state index contributed by atoms with van der Waals surface area (Å²) in [5.74, 6) is 0. The van der Waals surface area contributed by atoms with Crippen LogP contribution in [0.25, 0.3) is 21.5 Å². The average molecular weight is 427 g/mol. The zero-order valence-electron chi connectivity index (χ0n) is 16.8. The van der Waals surface area contributed by atoms with E-state index in [4.69, 9.17) is 28.8 Å². The molecule has 0 amide bonds. The molecule has 4 nitrogen and oxygen atoms in total. The zero-order valence-corrected chi connectivity index (χ0v) is 17.6. The van der Waals surface area contributed by atoms with Crippen LogP contribution in [0.15, 0.2) is 97.1 Å². The van der Waals surface area contributed by atoms with Crippen molar-refractivity contribution in [2.75, 3.05) is 22.5 Å². The standard InChI is InChI=1S/C16H14N2.C10H9ClN2/c17-14-10-4-6-12-7-5-11-15(16(12)14)18-13-8-2-1-3-9-13;11-7-5-4-6-2-1-3-8(12)9(6)10(7)13/h1-11,18H,17H2;1-5H,12-13H2. The fourth-order valence-electron chi connectivity index (χ4n) is 3.56. The van der Waals surface area contributed by atoms with Gasteiger partial charge in [0.05, 0.1) is 10.7 Å². The summed E-state index contributed by atoms with van der Waals surface area (Å²) in [5.41, 5.74) is 21.8. The van der Waals surface area contributed by atoms with Crippen molar-refractivity contribution in [1.29, 1.82) is 0 Å². The number of halogens is 1. The minimum Gasteiger partial charge on any atom is -0.398 e. The maximum Gasteiger partial charge on any atom is 0.0642 e. The second kappa shape index (κ2) is 8.86. The Morgan fingerprint density at radius 3 is 1.81 bits per heavy atom. The maximum atomic E-state index is 6.07. The van der Waals surface area contributed by atoms with Crippen LogP contribution in [0.4, 0.5) is 28.4 Å². The summed E-state index contributed by atoms with van der Waals surface area (Å²) in [6, 6.07) is 31.6. The summed E-state index contributed by atoms with van der Waals surface area (Å²) >= 11 is 5.88. The normalized spacial score (nSPS) is 10.5. The third-order valence-corrected chi connectivity index (χ3v) is 5.38. The fourth-order valence-corrected chi connectivity index (χ4v) is 3.72. The monoisotopic (exact) mass is 426 g/mol. The molecule has 0 aliphatic heterocycles. The van der Waals surface area contributed by atoms with Gasteiger partial charge in [0.2, 0.25) is 0 Å². The number of hydrogen-bond acceptors (Lipinski definition) is 4. The summed E-state index contributed by atoms with van der Waals surface area (Å²) in [4.78, 5) is 0. The number of para-hydroxylation sites is 1. The van der Waals surface area contributed by atoms with E-state index >= 15 is 0 Å². The lowest BCUT2D eigenvalue weighted by Crippen LogP contribution is -1.94. The largest absolute Gasteiger partial charge is 0.398 e. The first kappa shape index (κ1) is 20.4. The number of fused-ring (bicyclic) bond motifs is 2. The van der Waals surface area contributed by atoms with Crippen molar-refractivity contribution in [2.24, 2.45) is 0 Å². The molecule has 0 saturated carbocycles. The molecule has 7 N–H and O–H groups in total. The van der Waals surface area contributed by atoms with Gasteiger partial charge in [-0.1, -0.05) is 72.3 Å². The van der Waals surface area contributed by atoms with E-state index in [-0.39, 0.29) is 0 Å². The number of benzene rings is 5. The van der Waals surface area contributed by atoms with Crippen molar-refractivity contribution in [3.05, 3.63) is 102 Å². The smallest absolute Gasteiger partial charge is 0.0642 e. The van der Waals surface area contributed by atoms with Crippen molar-refractivity contribution >= 4 is 61.6 Å². The molecule has 5 heteroatoms. The Morgan fingerprint density at radius 2 is 1.13 bits per heavy atom. The number of nitrogens with one attached hydrogen (secondary N) is 1. The second-order valence-electron chi connectivity index (χ2n) is 7.15. The van der Waals surface area contributed by atoms with Crippen LogP contribution in [-0.4, -0.2) is 0 Å². The molecule has 5 aromatic carbocycles. The molecule has 0 heterocycles. The predicted molar refractivity (Wildman–Crippen MR) is 136 cm³/mol. The van der Waals surface area contributed by atoms with Crippen LogP contribution < -0.4 is 22.5 Å². The quantitative estimate of drug-likeness (QED) is 0.233. The van der Waals surface area contributed by atoms with E-state index in [1.54, 1.807) is 6.07 Å². The summed E-state index contributed by atoms with van der Waals surface area (Å²) in [7, 11) is 0. The highest BCUT2D eigenvalue weighted by atomic mass is 35.5. The van der Waals surface area contributed by atoms with Gasteiger partial charge in [-0.15, -0.1) is 0 Å². The molecule has 5 aromatic rings. The van der Waals surface area contributed by atoms with E-state index in [9.17, 15) is 0 Å². The third kappa shape index (κ3) is 4.34. The van der Waals surface area contributed by atoms with Crippen LogP contribution in [0.5, 0.6) is 0 Å². The number of nitrogens with two attached hydrogens (primary N) is 3. The highest BCUT2D eigenvalue weighted by Gasteiger charge is 2.05. The molecule has 0 aliphatic carbocycles. The first-order valence-electron chi connectivity index (χ1n) is 9.86. The summed E-state index contributed by atoms with van der Waals surface area (Å²) < 4.78 is 0. The van der Waals surface area contributed by atoms with Crippen LogP contribution in [0.2, 0.25) is 5.02 Å². The minimum absolute atomic E-state index is 0.547. The van der Waals surface area contributed by atoms with Crippen LogP contribution in [-0.2, 0) is 0 Å². The maximum absolute atomic E-state index is 6.07. The van der Waals surface area contributed by atoms with Gasteiger partial charge < -0.3 is 22.5 Å². The Hall–Kier alpha value is -3.89. The Morgan fingerprint density at radius 1 is 0.548 bits per heavy atom. The highest BCUT2D eigenvalue weighted by molar-refractivity contribution is 6.35. The summed E-state index contributed by atoms with van der Waals surface area (Å²) in [6.07, 6.45) is 0. The van der Waals surface area contributed by atoms with Crippen molar-refractivity contribution in [3.63, 3.8) is 0 Å². The molecule has 0 saturated heterocycles. The molecule has 0 unspecified atom stereocenters. The predicted octanol–water partition coefficient (Wildman–Crippen LogP) is 6.82. The molecule has 31 heavy (non-hydrogen) atoms. The average Bonchev–Trinajstić information content (AvgIpc) is 2.78. The van der Waals surface area contributed by atoms with Gasteiger partial charge in [0.1, 0.15) is 0 Å². The van der Waals surface area contributed by atoms with E-state index in [2.05, 4.69) is 17.4 Å². The van der Waals surface area contributed by atoms with Gasteiger partial charge in [0.15, 0.2) is 0 Å². The number of rotatable bonds is 2. The molecule has 0 spiro atoms. The Bertz CT molecular complexity index is 1350. The minimum atomic E-state index is 0.547. The van der Waals surface area contributed by atoms with Gasteiger partial charge >= 0.3 is 0 Å². The number of nitrogen functional groups attached to an aromatic ring is 3. The molecule has 0 fully saturated rings. The highest BCUT2D eigenvalue weighted by Crippen LogP contribution is 2.32. The van der Waals surface area contributed by atoms with Gasteiger partial charge in [0.25, 0.3) is 0 Å². The van der Waals surface area contributed by atoms with E-state index < -0.39 is 0 Å². The van der Waals surface area contributed by atoms with Gasteiger partial charge in [-0.25, -0.2) is 0 Å². The van der Waals surface area contributed by atoms with Crippen LogP contribution >= 0.6 is 11.6 Å². The molecule has 0 radical (unpaired) electrons. The molecule has 5 rings (SSSR count). The third-order valence-electron chi connectivity index (χ3n) is 5.05. The molecule has 154 valence electrons. The van der Waals surface area contributed by atoms with Crippen molar-refractivity contribution in [3.8, 4) is 0 Å². The lowest BCUT2D eigenvalue weighted by atomic mass is 10.1. The fraction of sp³-hybridized carbons (Fsp3) is 0. The van der Waals surface area contributed by atoms with E-state index in [1.165, 1.54) is 0 Å². The Balaban J connectivity index is 0.000000158. The zero-order chi connectivity index (χ0) is 21.8. The lowest BCUT2D eigenvalue weighted by molar-refractivity contribution is 1.58. The first-order chi connectivity index (χ1) is 15.0. The molecule has 0 aliphatic rings. The van der Waals surface area contributed by atoms with Gasteiger partial charge in [-0.2, -0.15) is 0 Å². The van der Waals surface area contributed by atoms with Gasteiger partial charge in [-0.05, 0) is 47.2 Å². The first-order valence-corrected chi connectivity index (χ1v) is 10.2. The number of hydrogen-bond donors (Lipinski definition) is 4. The van der Waals surface area contributed by atoms with E-state index in [0.29, 0.717) is 16.4 Å². The van der Waals surface area contributed by atoms with E-state index in [0.717, 1.165) is 38.6 Å². The van der Waals surface area contributed by atoms with Gasteiger partial charge in [0, 0.05) is 33.5 Å². The van der Waals surface area contributed by atoms with Crippen LogP contribution in [0.1, 0.15) is 0 Å². The second-order valence-corrected chi connectivity index (χ2v) is 7.56. The SMILES string of the molecule is Nc1cccc2ccc(Cl)c(N)c12.Nc1cccc2cccc(Nc3ccccc3)c12. The number of anilines is 5. The van der Waals surface area contributed by atoms with Crippen molar-refractivity contribution in [2.45, 2.75) is 0 Å². The van der Waals surface area contributed by atoms with Crippen molar-refractivity contribution < 1.29 is 0 Å². The molecular weight excluding hydrogens is 404 g/mol. The van der Waals surface area contributed by atoms with Gasteiger partial charge in [-0.3, -0.25) is 0 Å². The molecule has 0 atom stereocenters. The van der Waals surface area contributed by atoms with Crippen LogP contribution in [0.3, 0.4) is 0 Å². The topological polar surface area (TPSA) is 90.1 Å². The summed E-state index contributed by atoms with van der Waals surface area (Å²) in [5, 5.41) is 8.03. The summed E-state index contributed by atoms with van der Waals surface area (Å²) in [6.45, 7) is 0. The lowest BCUT2D eigenvalue weighted by Gasteiger charge is -2.11.